The van der Waals surface area contributed by atoms with Crippen LogP contribution < -0.4 is 5.73 Å². The van der Waals surface area contributed by atoms with Crippen LogP contribution in [0.1, 0.15) is 19.0 Å². The van der Waals surface area contributed by atoms with Gasteiger partial charge in [0.05, 0.1) is 11.4 Å². The van der Waals surface area contributed by atoms with Gasteiger partial charge in [0, 0.05) is 14.0 Å². The Kier molecular flexibility index (Phi) is 4.29. The first-order valence-corrected chi connectivity index (χ1v) is 7.36. The molecule has 0 radical (unpaired) electrons. The second-order valence-electron chi connectivity index (χ2n) is 3.80. The van der Waals surface area contributed by atoms with Crippen molar-refractivity contribution in [1.29, 1.82) is 0 Å². The van der Waals surface area contributed by atoms with Crippen LogP contribution >= 0.6 is 43.5 Å². The Labute approximate surface area is 127 Å². The summed E-state index contributed by atoms with van der Waals surface area (Å²) in [4.78, 5) is 0. The number of nitrogens with two attached hydrogens (primary N) is 1. The maximum atomic E-state index is 5.99. The molecular weight excluding hydrogens is 383 g/mol. The monoisotopic (exact) mass is 392 g/mol. The van der Waals surface area contributed by atoms with Crippen molar-refractivity contribution in [1.82, 2.24) is 15.0 Å². The first kappa shape index (κ1) is 13.8. The Morgan fingerprint density at radius 3 is 2.50 bits per heavy atom. The van der Waals surface area contributed by atoms with Gasteiger partial charge in [-0.1, -0.05) is 30.2 Å². The van der Waals surface area contributed by atoms with Crippen molar-refractivity contribution < 1.29 is 0 Å². The highest BCUT2D eigenvalue weighted by molar-refractivity contribution is 9.11. The highest BCUT2D eigenvalue weighted by Gasteiger charge is 2.16. The lowest BCUT2D eigenvalue weighted by atomic mass is 10.2. The van der Waals surface area contributed by atoms with Gasteiger partial charge >= 0.3 is 0 Å². The molecule has 0 spiro atoms. The lowest BCUT2D eigenvalue weighted by Crippen LogP contribution is -2.05. The molecule has 1 aromatic carbocycles. The number of halogens is 3. The molecule has 96 valence electrons. The average molecular weight is 394 g/mol. The zero-order chi connectivity index (χ0) is 13.3. The fourth-order valence-electron chi connectivity index (χ4n) is 1.70. The summed E-state index contributed by atoms with van der Waals surface area (Å²) >= 11 is 13.0. The topological polar surface area (TPSA) is 56.7 Å². The quantitative estimate of drug-likeness (QED) is 0.857. The van der Waals surface area contributed by atoms with Crippen LogP contribution in [-0.2, 0) is 6.42 Å². The molecule has 0 aliphatic carbocycles. The molecule has 0 aliphatic rings. The van der Waals surface area contributed by atoms with E-state index < -0.39 is 0 Å². The molecule has 0 saturated carbocycles. The van der Waals surface area contributed by atoms with Crippen molar-refractivity contribution in [3.8, 4) is 5.69 Å². The molecule has 1 aromatic heterocycles. The minimum Gasteiger partial charge on any atom is -0.381 e. The minimum atomic E-state index is 0.464. The van der Waals surface area contributed by atoms with Crippen molar-refractivity contribution in [2.75, 3.05) is 5.73 Å². The molecule has 4 nitrogen and oxygen atoms in total. The maximum Gasteiger partial charge on any atom is 0.169 e. The molecule has 0 amide bonds. The first-order chi connectivity index (χ1) is 8.54. The number of hydrogen-bond donors (Lipinski definition) is 1. The predicted molar refractivity (Wildman–Crippen MR) is 80.2 cm³/mol. The summed E-state index contributed by atoms with van der Waals surface area (Å²) in [6, 6.07) is 3.63. The Balaban J connectivity index is 2.62. The molecule has 0 fully saturated rings. The van der Waals surface area contributed by atoms with Crippen LogP contribution in [0.4, 0.5) is 5.82 Å². The van der Waals surface area contributed by atoms with Crippen molar-refractivity contribution in [2.24, 2.45) is 0 Å². The van der Waals surface area contributed by atoms with E-state index in [2.05, 4.69) is 49.1 Å². The van der Waals surface area contributed by atoms with Gasteiger partial charge < -0.3 is 5.73 Å². The number of rotatable bonds is 3. The van der Waals surface area contributed by atoms with Gasteiger partial charge in [-0.2, -0.15) is 0 Å². The van der Waals surface area contributed by atoms with Crippen LogP contribution in [0.15, 0.2) is 21.1 Å². The van der Waals surface area contributed by atoms with Crippen LogP contribution in [0, 0.1) is 0 Å². The summed E-state index contributed by atoms with van der Waals surface area (Å²) in [6.45, 7) is 2.09. The summed E-state index contributed by atoms with van der Waals surface area (Å²) < 4.78 is 3.41. The van der Waals surface area contributed by atoms with Crippen LogP contribution in [0.5, 0.6) is 0 Å². The molecule has 2 N–H and O–H groups in total. The predicted octanol–water partition coefficient (Wildman–Crippen LogP) is 3.98. The maximum absolute atomic E-state index is 5.99. The lowest BCUT2D eigenvalue weighted by Gasteiger charge is -2.10. The molecule has 2 aromatic rings. The number of aromatic nitrogens is 3. The van der Waals surface area contributed by atoms with Gasteiger partial charge in [0.2, 0.25) is 0 Å². The highest BCUT2D eigenvalue weighted by atomic mass is 79.9. The Morgan fingerprint density at radius 2 is 1.94 bits per heavy atom. The molecule has 0 bridgehead atoms. The first-order valence-electron chi connectivity index (χ1n) is 5.39. The van der Waals surface area contributed by atoms with Gasteiger partial charge in [-0.05, 0) is 50.4 Å². The van der Waals surface area contributed by atoms with Crippen LogP contribution in [-0.4, -0.2) is 15.0 Å². The summed E-state index contributed by atoms with van der Waals surface area (Å²) in [5, 5.41) is 8.67. The van der Waals surface area contributed by atoms with Crippen molar-refractivity contribution in [2.45, 2.75) is 19.8 Å². The van der Waals surface area contributed by atoms with Crippen molar-refractivity contribution in [3.05, 3.63) is 31.8 Å². The zero-order valence-electron chi connectivity index (χ0n) is 9.62. The zero-order valence-corrected chi connectivity index (χ0v) is 13.5. The van der Waals surface area contributed by atoms with Gasteiger partial charge in [-0.25, -0.2) is 4.68 Å². The molecule has 18 heavy (non-hydrogen) atoms. The largest absolute Gasteiger partial charge is 0.381 e. The summed E-state index contributed by atoms with van der Waals surface area (Å²) in [5.41, 5.74) is 7.60. The molecule has 0 atom stereocenters. The third-order valence-electron chi connectivity index (χ3n) is 2.47. The van der Waals surface area contributed by atoms with Gasteiger partial charge in [0.15, 0.2) is 5.82 Å². The molecule has 0 aliphatic heterocycles. The smallest absolute Gasteiger partial charge is 0.169 e. The van der Waals surface area contributed by atoms with E-state index in [1.165, 1.54) is 0 Å². The van der Waals surface area contributed by atoms with E-state index in [9.17, 15) is 0 Å². The lowest BCUT2D eigenvalue weighted by molar-refractivity contribution is 0.741. The fourth-order valence-corrected chi connectivity index (χ4v) is 3.70. The van der Waals surface area contributed by atoms with E-state index in [0.29, 0.717) is 10.8 Å². The van der Waals surface area contributed by atoms with Crippen LogP contribution in [0.25, 0.3) is 5.69 Å². The molecular formula is C11H11Br2ClN4. The average Bonchev–Trinajstić information content (AvgIpc) is 2.61. The molecule has 0 saturated heterocycles. The van der Waals surface area contributed by atoms with E-state index in [-0.39, 0.29) is 0 Å². The summed E-state index contributed by atoms with van der Waals surface area (Å²) in [7, 11) is 0. The van der Waals surface area contributed by atoms with Crippen molar-refractivity contribution in [3.63, 3.8) is 0 Å². The number of hydrogen-bond acceptors (Lipinski definition) is 3. The standard InChI is InChI=1S/C11H11Br2ClN4/c1-2-3-9-11(15)16-17-18(9)10-7(12)4-6(14)5-8(10)13/h4-5H,2-3,15H2,1H3. The van der Waals surface area contributed by atoms with E-state index >= 15 is 0 Å². The Hall–Kier alpha value is -0.590. The number of nitrogen functional groups attached to an aromatic ring is 1. The van der Waals surface area contributed by atoms with Crippen molar-refractivity contribution >= 4 is 49.3 Å². The van der Waals surface area contributed by atoms with E-state index in [1.807, 2.05) is 12.1 Å². The minimum absolute atomic E-state index is 0.464. The van der Waals surface area contributed by atoms with E-state index in [4.69, 9.17) is 17.3 Å². The number of anilines is 1. The normalized spacial score (nSPS) is 10.9. The Bertz CT molecular complexity index is 559. The second-order valence-corrected chi connectivity index (χ2v) is 5.95. The Morgan fingerprint density at radius 1 is 1.33 bits per heavy atom. The number of benzene rings is 1. The number of nitrogens with zero attached hydrogens (tertiary/aromatic N) is 3. The second kappa shape index (κ2) is 5.59. The third-order valence-corrected chi connectivity index (χ3v) is 3.90. The van der Waals surface area contributed by atoms with Crippen LogP contribution in [0.2, 0.25) is 5.02 Å². The highest BCUT2D eigenvalue weighted by Crippen LogP contribution is 2.33. The molecule has 0 unspecified atom stereocenters. The van der Waals surface area contributed by atoms with Gasteiger partial charge in [0.1, 0.15) is 0 Å². The van der Waals surface area contributed by atoms with Gasteiger partial charge in [0.25, 0.3) is 0 Å². The molecule has 7 heteroatoms. The van der Waals surface area contributed by atoms with E-state index in [1.54, 1.807) is 4.68 Å². The third kappa shape index (κ3) is 2.55. The fraction of sp³-hybridized carbons (Fsp3) is 0.273. The summed E-state index contributed by atoms with van der Waals surface area (Å²) in [6.07, 6.45) is 1.79. The molecule has 2 rings (SSSR count). The van der Waals surface area contributed by atoms with Gasteiger partial charge in [-0.15, -0.1) is 5.10 Å². The molecule has 1 heterocycles. The van der Waals surface area contributed by atoms with Crippen LogP contribution in [0.3, 0.4) is 0 Å². The summed E-state index contributed by atoms with van der Waals surface area (Å²) in [5.74, 6) is 0.464. The SMILES string of the molecule is CCCc1c(N)nnn1-c1c(Br)cc(Cl)cc1Br. The van der Waals surface area contributed by atoms with E-state index in [0.717, 1.165) is 33.2 Å². The van der Waals surface area contributed by atoms with Gasteiger partial charge in [-0.3, -0.25) is 0 Å².